The highest BCUT2D eigenvalue weighted by Crippen LogP contribution is 2.24. The van der Waals surface area contributed by atoms with E-state index in [4.69, 9.17) is 4.74 Å². The van der Waals surface area contributed by atoms with Gasteiger partial charge in [0.2, 0.25) is 0 Å². The summed E-state index contributed by atoms with van der Waals surface area (Å²) in [7, 11) is 0.511. The number of carbonyl (C=O) groups excluding carboxylic acids is 1. The van der Waals surface area contributed by atoms with Gasteiger partial charge in [-0.25, -0.2) is 4.39 Å². The van der Waals surface area contributed by atoms with Crippen LogP contribution in [0.25, 0.3) is 0 Å². The van der Waals surface area contributed by atoms with Crippen molar-refractivity contribution in [3.05, 3.63) is 29.6 Å². The number of hydrogen-bond acceptors (Lipinski definition) is 3. The molecule has 1 fully saturated rings. The molecule has 1 heterocycles. The summed E-state index contributed by atoms with van der Waals surface area (Å²) >= 11 is 0. The van der Waals surface area contributed by atoms with Gasteiger partial charge in [-0.15, -0.1) is 0 Å². The summed E-state index contributed by atoms with van der Waals surface area (Å²) in [5.74, 6) is -0.406. The lowest BCUT2D eigenvalue weighted by Gasteiger charge is -2.34. The predicted octanol–water partition coefficient (Wildman–Crippen LogP) is 1.82. The molecule has 4 nitrogen and oxygen atoms in total. The molecule has 0 saturated carbocycles. The monoisotopic (exact) mass is 299 g/mol. The fraction of sp³-hybridized carbons (Fsp3) is 0.500. The van der Waals surface area contributed by atoms with Gasteiger partial charge in [-0.2, -0.15) is 0 Å². The third-order valence-electron chi connectivity index (χ3n) is 3.43. The average molecular weight is 299 g/mol. The Bertz CT molecular complexity index is 535. The number of rotatable bonds is 2. The SMILES string of the molecule is COc1ccc(F)cc1C(=O)N1C[C@H](C)S(=O)[C@@H](C)C1. The molecule has 2 rings (SSSR count). The van der Waals surface area contributed by atoms with E-state index in [1.54, 1.807) is 4.90 Å². The lowest BCUT2D eigenvalue weighted by atomic mass is 10.1. The van der Waals surface area contributed by atoms with Crippen molar-refractivity contribution in [1.29, 1.82) is 0 Å². The predicted molar refractivity (Wildman–Crippen MR) is 75.9 cm³/mol. The molecule has 0 N–H and O–H groups in total. The molecule has 0 unspecified atom stereocenters. The second-order valence-corrected chi connectivity index (χ2v) is 7.27. The summed E-state index contributed by atoms with van der Waals surface area (Å²) in [6, 6.07) is 3.88. The van der Waals surface area contributed by atoms with E-state index < -0.39 is 16.6 Å². The standard InChI is InChI=1S/C14H18FNO3S/c1-9-7-16(8-10(2)20(9)18)14(17)12-6-11(15)4-5-13(12)19-3/h4-6,9-10H,7-8H2,1-3H3/t9-,10-/m0/s1. The molecule has 1 aliphatic heterocycles. The molecule has 1 amide bonds. The summed E-state index contributed by atoms with van der Waals surface area (Å²) in [4.78, 5) is 14.1. The summed E-state index contributed by atoms with van der Waals surface area (Å²) < 4.78 is 30.4. The zero-order chi connectivity index (χ0) is 14.9. The molecule has 2 atom stereocenters. The number of methoxy groups -OCH3 is 1. The number of hydrogen-bond donors (Lipinski definition) is 0. The number of nitrogens with zero attached hydrogens (tertiary/aromatic N) is 1. The van der Waals surface area contributed by atoms with E-state index in [1.807, 2.05) is 13.8 Å². The minimum absolute atomic E-state index is 0.0812. The van der Waals surface area contributed by atoms with E-state index in [2.05, 4.69) is 0 Å². The Labute approximate surface area is 120 Å². The molecule has 6 heteroatoms. The zero-order valence-electron chi connectivity index (χ0n) is 11.8. The second kappa shape index (κ2) is 5.91. The van der Waals surface area contributed by atoms with E-state index in [9.17, 15) is 13.4 Å². The number of carbonyl (C=O) groups is 1. The van der Waals surface area contributed by atoms with Crippen molar-refractivity contribution >= 4 is 16.7 Å². The summed E-state index contributed by atoms with van der Waals surface area (Å²) in [5, 5.41) is -0.162. The molecule has 1 aromatic rings. The largest absolute Gasteiger partial charge is 0.496 e. The Morgan fingerprint density at radius 2 is 1.95 bits per heavy atom. The van der Waals surface area contributed by atoms with Crippen LogP contribution in [0.3, 0.4) is 0 Å². The van der Waals surface area contributed by atoms with Crippen LogP contribution < -0.4 is 4.74 Å². The van der Waals surface area contributed by atoms with Crippen LogP contribution in [0.4, 0.5) is 4.39 Å². The van der Waals surface area contributed by atoms with E-state index in [-0.39, 0.29) is 22.0 Å². The second-order valence-electron chi connectivity index (χ2n) is 5.00. The van der Waals surface area contributed by atoms with Gasteiger partial charge in [-0.3, -0.25) is 9.00 Å². The van der Waals surface area contributed by atoms with Gasteiger partial charge in [0.05, 0.1) is 12.7 Å². The van der Waals surface area contributed by atoms with Crippen molar-refractivity contribution in [1.82, 2.24) is 4.90 Å². The molecule has 1 saturated heterocycles. The van der Waals surface area contributed by atoms with Crippen LogP contribution in [0.5, 0.6) is 5.75 Å². The summed E-state index contributed by atoms with van der Waals surface area (Å²) in [6.45, 7) is 4.54. The van der Waals surface area contributed by atoms with Crippen molar-refractivity contribution in [2.45, 2.75) is 24.3 Å². The molecule has 0 aliphatic carbocycles. The maximum Gasteiger partial charge on any atom is 0.257 e. The van der Waals surface area contributed by atoms with Gasteiger partial charge in [-0.1, -0.05) is 0 Å². The van der Waals surface area contributed by atoms with Gasteiger partial charge in [-0.05, 0) is 32.0 Å². The van der Waals surface area contributed by atoms with Gasteiger partial charge < -0.3 is 9.64 Å². The van der Waals surface area contributed by atoms with E-state index in [0.717, 1.165) is 0 Å². The van der Waals surface area contributed by atoms with Crippen molar-refractivity contribution in [3.63, 3.8) is 0 Å². The summed E-state index contributed by atoms with van der Waals surface area (Å²) in [6.07, 6.45) is 0. The van der Waals surface area contributed by atoms with Crippen LogP contribution in [0.15, 0.2) is 18.2 Å². The quantitative estimate of drug-likeness (QED) is 0.837. The van der Waals surface area contributed by atoms with Gasteiger partial charge in [0.15, 0.2) is 0 Å². The minimum Gasteiger partial charge on any atom is -0.496 e. The first-order valence-corrected chi connectivity index (χ1v) is 7.73. The zero-order valence-corrected chi connectivity index (χ0v) is 12.6. The number of halogens is 1. The molecule has 0 aromatic heterocycles. The number of amides is 1. The van der Waals surface area contributed by atoms with Crippen LogP contribution >= 0.6 is 0 Å². The van der Waals surface area contributed by atoms with Gasteiger partial charge in [0, 0.05) is 34.4 Å². The first-order chi connectivity index (χ1) is 9.43. The van der Waals surface area contributed by atoms with Gasteiger partial charge in [0.25, 0.3) is 5.91 Å². The van der Waals surface area contributed by atoms with Crippen molar-refractivity contribution in [2.24, 2.45) is 0 Å². The molecular formula is C14H18FNO3S. The highest BCUT2D eigenvalue weighted by Gasteiger charge is 2.32. The molecule has 20 heavy (non-hydrogen) atoms. The van der Waals surface area contributed by atoms with Crippen LogP contribution in [-0.2, 0) is 10.8 Å². The average Bonchev–Trinajstić information content (AvgIpc) is 2.43. The topological polar surface area (TPSA) is 46.6 Å². The van der Waals surface area contributed by atoms with Crippen LogP contribution in [0, 0.1) is 5.82 Å². The normalized spacial score (nSPS) is 23.7. The molecule has 0 radical (unpaired) electrons. The fourth-order valence-corrected chi connectivity index (χ4v) is 3.87. The Hall–Kier alpha value is -1.43. The number of benzene rings is 1. The highest BCUT2D eigenvalue weighted by molar-refractivity contribution is 7.86. The molecule has 1 aliphatic rings. The Balaban J connectivity index is 2.28. The van der Waals surface area contributed by atoms with Crippen LogP contribution in [0.2, 0.25) is 0 Å². The van der Waals surface area contributed by atoms with E-state index in [1.165, 1.54) is 25.3 Å². The molecule has 0 bridgehead atoms. The lowest BCUT2D eigenvalue weighted by molar-refractivity contribution is 0.0747. The highest BCUT2D eigenvalue weighted by atomic mass is 32.2. The molecule has 1 aromatic carbocycles. The Morgan fingerprint density at radius 1 is 1.35 bits per heavy atom. The first-order valence-electron chi connectivity index (χ1n) is 6.46. The maximum atomic E-state index is 13.4. The van der Waals surface area contributed by atoms with E-state index in [0.29, 0.717) is 18.8 Å². The smallest absolute Gasteiger partial charge is 0.257 e. The number of ether oxygens (including phenoxy) is 1. The minimum atomic E-state index is -0.934. The van der Waals surface area contributed by atoms with Crippen molar-refractivity contribution < 1.29 is 18.1 Å². The van der Waals surface area contributed by atoms with Gasteiger partial charge in [0.1, 0.15) is 11.6 Å². The molecule has 0 spiro atoms. The molecular weight excluding hydrogens is 281 g/mol. The van der Waals surface area contributed by atoms with Crippen molar-refractivity contribution in [3.8, 4) is 5.75 Å². The fourth-order valence-electron chi connectivity index (χ4n) is 2.42. The van der Waals surface area contributed by atoms with Crippen LogP contribution in [-0.4, -0.2) is 45.7 Å². The Morgan fingerprint density at radius 3 is 2.50 bits per heavy atom. The van der Waals surface area contributed by atoms with E-state index >= 15 is 0 Å². The summed E-state index contributed by atoms with van der Waals surface area (Å²) in [5.41, 5.74) is 0.208. The lowest BCUT2D eigenvalue weighted by Crippen LogP contribution is -2.49. The van der Waals surface area contributed by atoms with Gasteiger partial charge >= 0.3 is 0 Å². The maximum absolute atomic E-state index is 13.4. The Kier molecular flexibility index (Phi) is 4.42. The van der Waals surface area contributed by atoms with Crippen molar-refractivity contribution in [2.75, 3.05) is 20.2 Å². The third-order valence-corrected chi connectivity index (χ3v) is 5.31. The molecule has 110 valence electrons. The third kappa shape index (κ3) is 2.85. The first kappa shape index (κ1) is 15.0. The van der Waals surface area contributed by atoms with Crippen LogP contribution in [0.1, 0.15) is 24.2 Å².